The van der Waals surface area contributed by atoms with Crippen LogP contribution in [-0.2, 0) is 6.61 Å². The molecule has 0 spiro atoms. The lowest BCUT2D eigenvalue weighted by Crippen LogP contribution is -2.10. The zero-order valence-electron chi connectivity index (χ0n) is 9.10. The van der Waals surface area contributed by atoms with E-state index in [0.717, 1.165) is 16.4 Å². The van der Waals surface area contributed by atoms with Crippen molar-refractivity contribution in [3.05, 3.63) is 32.7 Å². The minimum absolute atomic E-state index is 0.0260. The number of hydrogen-bond donors (Lipinski definition) is 2. The molecule has 86 valence electrons. The standard InChI is InChI=1S/C10H13N3OS2/c1-6-5-16-9(12-6)7(2)13-8(4-14)3-11-10(13)15/h3,5,7,14H,4H2,1-2H3,(H,11,15). The van der Waals surface area contributed by atoms with E-state index in [2.05, 4.69) is 9.97 Å². The van der Waals surface area contributed by atoms with Gasteiger partial charge in [-0.3, -0.25) is 0 Å². The lowest BCUT2D eigenvalue weighted by Gasteiger charge is -2.13. The predicted octanol–water partition coefficient (Wildman–Crippen LogP) is 2.41. The number of aliphatic hydroxyl groups excluding tert-OH is 1. The summed E-state index contributed by atoms with van der Waals surface area (Å²) in [5, 5.41) is 12.2. The van der Waals surface area contributed by atoms with Gasteiger partial charge in [-0.2, -0.15) is 0 Å². The number of nitrogens with zero attached hydrogens (tertiary/aromatic N) is 2. The number of aromatic nitrogens is 3. The first kappa shape index (κ1) is 11.5. The summed E-state index contributed by atoms with van der Waals surface area (Å²) in [7, 11) is 0. The number of rotatable bonds is 3. The molecule has 0 radical (unpaired) electrons. The van der Waals surface area contributed by atoms with Crippen LogP contribution in [0.5, 0.6) is 0 Å². The number of thiazole rings is 1. The highest BCUT2D eigenvalue weighted by Gasteiger charge is 2.15. The Kier molecular flexibility index (Phi) is 3.22. The van der Waals surface area contributed by atoms with Gasteiger partial charge in [0.05, 0.1) is 18.3 Å². The Morgan fingerprint density at radius 3 is 3.00 bits per heavy atom. The first-order valence-corrected chi connectivity index (χ1v) is 6.24. The minimum Gasteiger partial charge on any atom is -0.390 e. The SMILES string of the molecule is Cc1csc(C(C)n2c(CO)c[nH]c2=S)n1. The molecule has 0 aliphatic carbocycles. The fourth-order valence-electron chi connectivity index (χ4n) is 1.64. The Hall–Kier alpha value is -0.980. The van der Waals surface area contributed by atoms with Crippen molar-refractivity contribution in [3.63, 3.8) is 0 Å². The Labute approximate surface area is 103 Å². The molecule has 2 N–H and O–H groups in total. The van der Waals surface area contributed by atoms with Crippen LogP contribution in [0.2, 0.25) is 0 Å². The molecule has 1 unspecified atom stereocenters. The van der Waals surface area contributed by atoms with Gasteiger partial charge in [-0.25, -0.2) is 4.98 Å². The van der Waals surface area contributed by atoms with Gasteiger partial charge >= 0.3 is 0 Å². The molecule has 0 saturated heterocycles. The van der Waals surface area contributed by atoms with Gasteiger partial charge in [-0.1, -0.05) is 0 Å². The van der Waals surface area contributed by atoms with Gasteiger partial charge in [-0.15, -0.1) is 11.3 Å². The van der Waals surface area contributed by atoms with Crippen molar-refractivity contribution in [3.8, 4) is 0 Å². The van der Waals surface area contributed by atoms with Gasteiger partial charge in [0, 0.05) is 17.3 Å². The van der Waals surface area contributed by atoms with Gasteiger partial charge in [0.15, 0.2) is 4.77 Å². The van der Waals surface area contributed by atoms with Crippen molar-refractivity contribution in [2.75, 3.05) is 0 Å². The quantitative estimate of drug-likeness (QED) is 0.828. The van der Waals surface area contributed by atoms with Crippen LogP contribution < -0.4 is 0 Å². The van der Waals surface area contributed by atoms with E-state index in [4.69, 9.17) is 12.2 Å². The summed E-state index contributed by atoms with van der Waals surface area (Å²) >= 11 is 6.81. The summed E-state index contributed by atoms with van der Waals surface area (Å²) in [6, 6.07) is 0.0552. The molecule has 0 saturated carbocycles. The monoisotopic (exact) mass is 255 g/mol. The number of H-pyrrole nitrogens is 1. The summed E-state index contributed by atoms with van der Waals surface area (Å²) in [5.41, 5.74) is 1.80. The number of nitrogens with one attached hydrogen (secondary N) is 1. The Morgan fingerprint density at radius 1 is 1.69 bits per heavy atom. The molecular weight excluding hydrogens is 242 g/mol. The first-order valence-electron chi connectivity index (χ1n) is 4.95. The third kappa shape index (κ3) is 1.95. The van der Waals surface area contributed by atoms with Crippen molar-refractivity contribution in [1.82, 2.24) is 14.5 Å². The van der Waals surface area contributed by atoms with Crippen LogP contribution in [0.1, 0.15) is 29.4 Å². The topological polar surface area (TPSA) is 53.8 Å². The molecule has 1 atom stereocenters. The maximum Gasteiger partial charge on any atom is 0.178 e. The molecule has 0 aromatic carbocycles. The molecule has 0 aliphatic heterocycles. The Morgan fingerprint density at radius 2 is 2.44 bits per heavy atom. The van der Waals surface area contributed by atoms with Gasteiger partial charge in [0.2, 0.25) is 0 Å². The second-order valence-electron chi connectivity index (χ2n) is 3.62. The second kappa shape index (κ2) is 4.48. The molecule has 0 amide bonds. The number of imidazole rings is 1. The van der Waals surface area contributed by atoms with Crippen molar-refractivity contribution in [1.29, 1.82) is 0 Å². The first-order chi connectivity index (χ1) is 7.63. The lowest BCUT2D eigenvalue weighted by molar-refractivity contribution is 0.269. The molecule has 4 nitrogen and oxygen atoms in total. The lowest BCUT2D eigenvalue weighted by atomic mass is 10.3. The third-order valence-corrected chi connectivity index (χ3v) is 3.88. The Balaban J connectivity index is 2.44. The summed E-state index contributed by atoms with van der Waals surface area (Å²) in [6.45, 7) is 3.97. The highest BCUT2D eigenvalue weighted by atomic mass is 32.1. The molecule has 6 heteroatoms. The van der Waals surface area contributed by atoms with E-state index < -0.39 is 0 Å². The fourth-order valence-corrected chi connectivity index (χ4v) is 2.81. The fraction of sp³-hybridized carbons (Fsp3) is 0.400. The van der Waals surface area contributed by atoms with E-state index in [1.807, 2.05) is 23.8 Å². The van der Waals surface area contributed by atoms with Crippen LogP contribution in [0, 0.1) is 11.7 Å². The summed E-state index contributed by atoms with van der Waals surface area (Å²) < 4.78 is 2.51. The number of aryl methyl sites for hydroxylation is 1. The van der Waals surface area contributed by atoms with Crippen LogP contribution in [0.3, 0.4) is 0 Å². The van der Waals surface area contributed by atoms with Crippen LogP contribution in [0.15, 0.2) is 11.6 Å². The van der Waals surface area contributed by atoms with Crippen LogP contribution in [-0.4, -0.2) is 19.6 Å². The number of aromatic amines is 1. The van der Waals surface area contributed by atoms with Gasteiger partial charge in [0.25, 0.3) is 0 Å². The average molecular weight is 255 g/mol. The van der Waals surface area contributed by atoms with Crippen LogP contribution >= 0.6 is 23.6 Å². The van der Waals surface area contributed by atoms with Crippen LogP contribution in [0.4, 0.5) is 0 Å². The molecule has 0 bridgehead atoms. The maximum atomic E-state index is 9.23. The van der Waals surface area contributed by atoms with Gasteiger partial charge < -0.3 is 14.7 Å². The summed E-state index contributed by atoms with van der Waals surface area (Å²) in [6.07, 6.45) is 1.74. The number of aliphatic hydroxyl groups is 1. The molecule has 2 aromatic rings. The highest BCUT2D eigenvalue weighted by molar-refractivity contribution is 7.71. The van der Waals surface area contributed by atoms with Crippen molar-refractivity contribution in [2.24, 2.45) is 0 Å². The van der Waals surface area contributed by atoms with Crippen LogP contribution in [0.25, 0.3) is 0 Å². The number of hydrogen-bond acceptors (Lipinski definition) is 4. The van der Waals surface area contributed by atoms with E-state index in [-0.39, 0.29) is 12.6 Å². The summed E-state index contributed by atoms with van der Waals surface area (Å²) in [4.78, 5) is 7.38. The van der Waals surface area contributed by atoms with E-state index in [1.165, 1.54) is 0 Å². The van der Waals surface area contributed by atoms with Gasteiger partial charge in [0.1, 0.15) is 5.01 Å². The van der Waals surface area contributed by atoms with E-state index in [9.17, 15) is 5.11 Å². The molecule has 2 rings (SSSR count). The van der Waals surface area contributed by atoms with Crippen molar-refractivity contribution in [2.45, 2.75) is 26.5 Å². The zero-order chi connectivity index (χ0) is 11.7. The van der Waals surface area contributed by atoms with Crippen molar-refractivity contribution < 1.29 is 5.11 Å². The highest BCUT2D eigenvalue weighted by Crippen LogP contribution is 2.23. The molecular formula is C10H13N3OS2. The third-order valence-electron chi connectivity index (χ3n) is 2.43. The zero-order valence-corrected chi connectivity index (χ0v) is 10.7. The molecule has 2 aromatic heterocycles. The molecule has 16 heavy (non-hydrogen) atoms. The van der Waals surface area contributed by atoms with Gasteiger partial charge in [-0.05, 0) is 26.1 Å². The van der Waals surface area contributed by atoms with E-state index >= 15 is 0 Å². The largest absolute Gasteiger partial charge is 0.390 e. The van der Waals surface area contributed by atoms with Crippen molar-refractivity contribution >= 4 is 23.6 Å². The normalized spacial score (nSPS) is 12.9. The predicted molar refractivity (Wildman–Crippen MR) is 66.2 cm³/mol. The smallest absolute Gasteiger partial charge is 0.178 e. The Bertz CT molecular complexity index is 540. The minimum atomic E-state index is -0.0260. The molecule has 0 aliphatic rings. The average Bonchev–Trinajstić information content (AvgIpc) is 2.83. The molecule has 0 fully saturated rings. The van der Waals surface area contributed by atoms with E-state index in [1.54, 1.807) is 17.5 Å². The second-order valence-corrected chi connectivity index (χ2v) is 4.89. The summed E-state index contributed by atoms with van der Waals surface area (Å²) in [5.74, 6) is 0. The maximum absolute atomic E-state index is 9.23. The molecule has 2 heterocycles. The van der Waals surface area contributed by atoms with E-state index in [0.29, 0.717) is 4.77 Å².